The quantitative estimate of drug-likeness (QED) is 0.110. The maximum Gasteiger partial charge on any atom is 2.00 e. The molecule has 6 aromatic carbocycles. The van der Waals surface area contributed by atoms with Crippen LogP contribution in [0.4, 0.5) is 4.39 Å². The largest absolute Gasteiger partial charge is 2.00 e. The van der Waals surface area contributed by atoms with E-state index in [9.17, 15) is 4.39 Å². The SMILES string of the molecule is CPc1ccccc1PC.Cc1nc(-c2ccccn2)[n-]c1C.Fc1c[c-]c(-c2cccc[pH+]2)cc1.[CH3-].[Cl][Pt].[O-][Cl+3]([O-])([O-])O.[Pt+2].[Pt+2].[Pt].[c-]1ccccc1-c1cccc[pH+]1.c1ccc(-c2nc3ccccc3[n-]2)nc1.c1ccc(-c2nc3ccccc3[n-]2)nc1.c1ccc(-c2nc3ccccc3[n-]2)nc1. The zero-order chi connectivity index (χ0) is 70.7. The van der Waals surface area contributed by atoms with E-state index in [1.54, 1.807) is 49.6 Å². The fraction of sp³-hybridized carbons (Fsp3) is 0.0519. The topological polar surface area (TPSA) is 249 Å². The number of aromatic nitrogens is 12. The van der Waals surface area contributed by atoms with Gasteiger partial charge in [-0.3, -0.25) is 24.3 Å². The molecule has 1 N–H and O–H groups in total. The van der Waals surface area contributed by atoms with Gasteiger partial charge in [0.2, 0.25) is 0 Å². The second-order valence-corrected chi connectivity index (χ2v) is 25.6. The molecule has 0 aliphatic carbocycles. The smallest absolute Gasteiger partial charge is 0.434 e. The minimum atomic E-state index is -4.69. The number of para-hydroxylation sites is 6. The molecule has 0 aliphatic heterocycles. The molecular weight excluding hydrogens is 2150 g/mol. The number of imidazole rings is 4. The number of hydrogen-bond acceptors (Lipinski definition) is 12. The first-order chi connectivity index (χ1) is 48.8. The number of aryl methyl sites for hydroxylation is 2. The van der Waals surface area contributed by atoms with Crippen LogP contribution in [-0.2, 0) is 82.0 Å². The Kier molecular flexibility index (Phi) is 41.9. The number of halogens is 3. The number of rotatable bonds is 8. The van der Waals surface area contributed by atoms with Crippen molar-refractivity contribution in [3.63, 3.8) is 0 Å². The van der Waals surface area contributed by atoms with Gasteiger partial charge in [-0.05, 0) is 155 Å². The molecule has 16 aromatic rings. The van der Waals surface area contributed by atoms with Gasteiger partial charge in [-0.25, -0.2) is 0 Å². The minimum absolute atomic E-state index is 0. The maximum absolute atomic E-state index is 12.6. The molecule has 10 heterocycles. The van der Waals surface area contributed by atoms with E-state index in [1.165, 1.54) is 38.9 Å². The third-order valence-electron chi connectivity index (χ3n) is 13.6. The summed E-state index contributed by atoms with van der Waals surface area (Å²) >= 11 is 1.61. The fourth-order valence-electron chi connectivity index (χ4n) is 8.84. The molecule has 0 saturated heterocycles. The van der Waals surface area contributed by atoms with Gasteiger partial charge in [0.15, 0.2) is 0 Å². The predicted molar refractivity (Wildman–Crippen MR) is 403 cm³/mol. The zero-order valence-electron chi connectivity index (χ0n) is 56.1. The standard InChI is InChI=1S/3C12H8N3.C11H7FP.C11H8P.C10H10N3.C8H12P2.CH3.ClHO4.ClH.4Pt/c3*1-2-6-10-9(5-1)14-12(15-10)11-7-3-4-8-13-11;12-10-6-4-9(5-7-10)11-3-1-2-8-13-11;1-2-6-10(7-3-1)11-8-4-5-9-12-11;1-7-8(2)13-10(12-7)9-5-3-4-6-11-9;1-9-7-5-3-4-6-8(7)10-2;;2-1(3,4)5;;;;;/h3*1-8H;1-4,6-8H;1-6,8-9H;3-6H,1-2H3;3-6,9-10H,1-2H3;1H3;(H,2,3,4,5);1H;;;;/q6*-1;;-1;;;;+1;2*+2/p+1. The van der Waals surface area contributed by atoms with Crippen LogP contribution in [0.1, 0.15) is 11.4 Å². The average Bonchev–Trinajstić information content (AvgIpc) is 1.69. The van der Waals surface area contributed by atoms with Gasteiger partial charge in [0.05, 0.1) is 64.7 Å². The van der Waals surface area contributed by atoms with Crippen LogP contribution in [0.3, 0.4) is 0 Å². The monoisotopic (exact) mass is 2220 g/mol. The molecule has 0 radical (unpaired) electrons. The van der Waals surface area contributed by atoms with Crippen molar-refractivity contribution < 1.29 is 115 Å². The van der Waals surface area contributed by atoms with Crippen LogP contribution >= 0.6 is 43.0 Å². The van der Waals surface area contributed by atoms with E-state index < -0.39 is 10.2 Å². The number of benzene rings is 6. The minimum Gasteiger partial charge on any atom is -0.434 e. The normalized spacial score (nSPS) is 10.2. The van der Waals surface area contributed by atoms with Gasteiger partial charge in [-0.1, -0.05) is 174 Å². The first-order valence-corrected chi connectivity index (χ1v) is 39.6. The van der Waals surface area contributed by atoms with Crippen LogP contribution in [-0.4, -0.2) is 57.9 Å². The van der Waals surface area contributed by atoms with Gasteiger partial charge >= 0.3 is 70.3 Å². The Balaban J connectivity index is 0.000000252. The molecule has 4 atom stereocenters. The summed E-state index contributed by atoms with van der Waals surface area (Å²) in [5.41, 5.74) is 12.9. The van der Waals surface area contributed by atoms with Crippen molar-refractivity contribution in [2.24, 2.45) is 0 Å². The van der Waals surface area contributed by atoms with E-state index in [-0.39, 0.29) is 76.4 Å². The molecule has 16 rings (SSSR count). The van der Waals surface area contributed by atoms with Crippen LogP contribution in [0.2, 0.25) is 0 Å². The fourth-order valence-corrected chi connectivity index (χ4v) is 12.6. The summed E-state index contributed by atoms with van der Waals surface area (Å²) < 4.78 is 45.3. The summed E-state index contributed by atoms with van der Waals surface area (Å²) in [6.45, 7) is 8.38. The summed E-state index contributed by atoms with van der Waals surface area (Å²) in [6, 6.07) is 86.3. The third-order valence-corrected chi connectivity index (χ3v) is 18.0. The molecule has 10 aromatic heterocycles. The molecule has 0 amide bonds. The van der Waals surface area contributed by atoms with Gasteiger partial charge in [0.25, 0.3) is 0 Å². The Labute approximate surface area is 672 Å². The van der Waals surface area contributed by atoms with Crippen molar-refractivity contribution in [1.29, 1.82) is 0 Å². The second-order valence-electron chi connectivity index (χ2n) is 20.4. The van der Waals surface area contributed by atoms with E-state index in [0.29, 0.717) is 25.7 Å². The Morgan fingerprint density at radius 1 is 0.442 bits per heavy atom. The molecule has 0 bridgehead atoms. The summed E-state index contributed by atoms with van der Waals surface area (Å²) in [6.07, 6.45) is 6.99. The van der Waals surface area contributed by atoms with Crippen LogP contribution in [0.25, 0.3) is 101 Å². The molecule has 16 nitrogen and oxygen atoms in total. The second kappa shape index (κ2) is 48.8. The van der Waals surface area contributed by atoms with Gasteiger partial charge < -0.3 is 47.3 Å². The summed E-state index contributed by atoms with van der Waals surface area (Å²) in [7, 11) is 3.25. The Morgan fingerprint density at radius 3 is 1.07 bits per heavy atom. The van der Waals surface area contributed by atoms with Crippen molar-refractivity contribution in [2.45, 2.75) is 13.8 Å². The van der Waals surface area contributed by atoms with Gasteiger partial charge in [-0.2, -0.15) is 14.0 Å². The molecule has 0 spiro atoms. The summed E-state index contributed by atoms with van der Waals surface area (Å²) in [5, 5.41) is 5.65. The summed E-state index contributed by atoms with van der Waals surface area (Å²) in [4.78, 5) is 51.9. The Bertz CT molecular complexity index is 4520. The molecule has 0 saturated carbocycles. The molecule has 0 aliphatic rings. The van der Waals surface area contributed by atoms with Crippen molar-refractivity contribution in [3.8, 4) is 67.8 Å². The molecule has 541 valence electrons. The zero-order valence-corrected chi connectivity index (χ0v) is 70.7. The first-order valence-electron chi connectivity index (χ1n) is 30.4. The predicted octanol–water partition coefficient (Wildman–Crippen LogP) is 14.1. The first kappa shape index (κ1) is 89.2. The summed E-state index contributed by atoms with van der Waals surface area (Å²) in [5.74, 6) is 6.85. The van der Waals surface area contributed by atoms with E-state index in [0.717, 1.165) is 104 Å². The molecule has 0 fully saturated rings. The van der Waals surface area contributed by atoms with Gasteiger partial charge in [0, 0.05) is 51.7 Å². The molecule has 27 heteroatoms. The van der Waals surface area contributed by atoms with E-state index >= 15 is 0 Å². The Hall–Kier alpha value is -7.20. The van der Waals surface area contributed by atoms with E-state index in [1.807, 2.05) is 190 Å². The maximum atomic E-state index is 12.6. The van der Waals surface area contributed by atoms with Crippen molar-refractivity contribution in [1.82, 2.24) is 59.8 Å². The van der Waals surface area contributed by atoms with Crippen LogP contribution < -0.4 is 44.5 Å². The van der Waals surface area contributed by atoms with Crippen molar-refractivity contribution >= 4 is 86.7 Å². The number of nitrogens with zero attached hydrogens (tertiary/aromatic N) is 12. The van der Waals surface area contributed by atoms with Gasteiger partial charge in [0.1, 0.15) is 11.6 Å². The molecular formula is C77H67Cl2FN12O4P4Pt4-. The van der Waals surface area contributed by atoms with Crippen LogP contribution in [0.15, 0.2) is 285 Å². The third kappa shape index (κ3) is 30.0. The van der Waals surface area contributed by atoms with Crippen molar-refractivity contribution in [2.75, 3.05) is 13.3 Å². The number of hydrogen-bond donors (Lipinski definition) is 1. The molecule has 104 heavy (non-hydrogen) atoms. The number of fused-ring (bicyclic) bond motifs is 3. The van der Waals surface area contributed by atoms with Gasteiger partial charge in [-0.15, -0.1) is 65.7 Å². The number of pyridine rings is 4. The van der Waals surface area contributed by atoms with E-state index in [2.05, 4.69) is 161 Å². The van der Waals surface area contributed by atoms with Crippen molar-refractivity contribution in [3.05, 3.63) is 322 Å². The van der Waals surface area contributed by atoms with Crippen LogP contribution in [0.5, 0.6) is 0 Å². The Morgan fingerprint density at radius 2 is 0.779 bits per heavy atom. The average molecular weight is 2220 g/mol. The molecule has 4 unspecified atom stereocenters. The van der Waals surface area contributed by atoms with Crippen LogP contribution in [0, 0.1) is 49.5 Å². The van der Waals surface area contributed by atoms with E-state index in [4.69, 9.17) is 18.6 Å².